The van der Waals surface area contributed by atoms with Gasteiger partial charge in [0.15, 0.2) is 0 Å². The predicted molar refractivity (Wildman–Crippen MR) is 98.5 cm³/mol. The molecule has 7 heteroatoms. The molecule has 140 valence electrons. The van der Waals surface area contributed by atoms with E-state index in [1.807, 2.05) is 24.3 Å². The van der Waals surface area contributed by atoms with Crippen LogP contribution in [0.1, 0.15) is 53.1 Å². The summed E-state index contributed by atoms with van der Waals surface area (Å²) in [6.07, 6.45) is 2.66. The normalized spacial score (nSPS) is 17.0. The predicted octanol–water partition coefficient (Wildman–Crippen LogP) is 2.87. The monoisotopic (exact) mass is 376 g/mol. The molecule has 1 unspecified atom stereocenters. The van der Waals surface area contributed by atoms with Crippen LogP contribution >= 0.6 is 0 Å². The van der Waals surface area contributed by atoms with Crippen LogP contribution in [0, 0.1) is 6.92 Å². The van der Waals surface area contributed by atoms with Crippen molar-refractivity contribution in [3.63, 3.8) is 0 Å². The van der Waals surface area contributed by atoms with Gasteiger partial charge in [0.1, 0.15) is 10.6 Å². The van der Waals surface area contributed by atoms with Crippen molar-refractivity contribution in [1.29, 1.82) is 0 Å². The molecule has 0 fully saturated rings. The molecule has 1 aromatic carbocycles. The lowest BCUT2D eigenvalue weighted by Gasteiger charge is -2.26. The Bertz CT molecular complexity index is 931. The maximum Gasteiger partial charge on any atom is 0.354 e. The summed E-state index contributed by atoms with van der Waals surface area (Å²) in [5, 5.41) is 0. The quantitative estimate of drug-likeness (QED) is 0.814. The summed E-state index contributed by atoms with van der Waals surface area (Å²) in [4.78, 5) is 12.2. The van der Waals surface area contributed by atoms with E-state index in [1.165, 1.54) is 11.6 Å². The molecular weight excluding hydrogens is 352 g/mol. The van der Waals surface area contributed by atoms with Crippen LogP contribution < -0.4 is 4.72 Å². The minimum Gasteiger partial charge on any atom is -0.461 e. The maximum absolute atomic E-state index is 13.0. The fraction of sp³-hybridized carbons (Fsp3) is 0.421. The van der Waals surface area contributed by atoms with Crippen LogP contribution in [0.2, 0.25) is 0 Å². The van der Waals surface area contributed by atoms with E-state index in [9.17, 15) is 13.2 Å². The van der Waals surface area contributed by atoms with E-state index in [2.05, 4.69) is 4.72 Å². The van der Waals surface area contributed by atoms with Gasteiger partial charge >= 0.3 is 5.97 Å². The van der Waals surface area contributed by atoms with Crippen LogP contribution in [-0.4, -0.2) is 25.6 Å². The zero-order chi connectivity index (χ0) is 18.9. The molecule has 0 saturated heterocycles. The molecule has 26 heavy (non-hydrogen) atoms. The van der Waals surface area contributed by atoms with Gasteiger partial charge in [-0.2, -0.15) is 0 Å². The van der Waals surface area contributed by atoms with Gasteiger partial charge in [-0.25, -0.2) is 17.9 Å². The number of aryl methyl sites for hydroxylation is 1. The zero-order valence-electron chi connectivity index (χ0n) is 15.3. The van der Waals surface area contributed by atoms with Gasteiger partial charge in [-0.15, -0.1) is 0 Å². The van der Waals surface area contributed by atoms with Crippen LogP contribution in [0.5, 0.6) is 0 Å². The molecule has 0 radical (unpaired) electrons. The average molecular weight is 376 g/mol. The number of fused-ring (bicyclic) bond motifs is 1. The van der Waals surface area contributed by atoms with E-state index in [0.717, 1.165) is 24.8 Å². The first-order valence-electron chi connectivity index (χ1n) is 8.78. The summed E-state index contributed by atoms with van der Waals surface area (Å²) >= 11 is 0. The summed E-state index contributed by atoms with van der Waals surface area (Å²) in [6.45, 7) is 3.64. The lowest BCUT2D eigenvalue weighted by atomic mass is 9.88. The van der Waals surface area contributed by atoms with E-state index in [-0.39, 0.29) is 23.2 Å². The summed E-state index contributed by atoms with van der Waals surface area (Å²) in [5.74, 6) is -0.525. The Balaban J connectivity index is 1.93. The highest BCUT2D eigenvalue weighted by molar-refractivity contribution is 7.89. The number of hydrogen-bond donors (Lipinski definition) is 1. The molecule has 0 aliphatic heterocycles. The molecule has 2 aromatic rings. The molecule has 1 heterocycles. The Kier molecular flexibility index (Phi) is 5.20. The number of benzene rings is 1. The molecule has 0 spiro atoms. The summed E-state index contributed by atoms with van der Waals surface area (Å²) < 4.78 is 35.4. The fourth-order valence-electron chi connectivity index (χ4n) is 3.47. The number of sulfonamides is 1. The van der Waals surface area contributed by atoms with Gasteiger partial charge in [-0.3, -0.25) is 0 Å². The van der Waals surface area contributed by atoms with Crippen LogP contribution in [0.4, 0.5) is 0 Å². The zero-order valence-corrected chi connectivity index (χ0v) is 16.1. The molecule has 0 saturated carbocycles. The van der Waals surface area contributed by atoms with Crippen LogP contribution in [0.25, 0.3) is 0 Å². The van der Waals surface area contributed by atoms with Gasteiger partial charge in [0.25, 0.3) is 0 Å². The second-order valence-electron chi connectivity index (χ2n) is 6.52. The maximum atomic E-state index is 13.0. The minimum absolute atomic E-state index is 0.117. The standard InChI is InChI=1S/C19H24N2O4S/c1-4-25-19(22)17-12-18(13(2)21(17)3)26(23,24)20-16-11-7-9-14-8-5-6-10-15(14)16/h5-6,8,10,12,16,20H,4,7,9,11H2,1-3H3. The van der Waals surface area contributed by atoms with Crippen molar-refractivity contribution in [3.8, 4) is 0 Å². The molecular formula is C19H24N2O4S. The van der Waals surface area contributed by atoms with Gasteiger partial charge in [0.2, 0.25) is 10.0 Å². The Morgan fingerprint density at radius 3 is 2.81 bits per heavy atom. The van der Waals surface area contributed by atoms with Gasteiger partial charge < -0.3 is 9.30 Å². The fourth-order valence-corrected chi connectivity index (χ4v) is 5.01. The van der Waals surface area contributed by atoms with Gasteiger partial charge in [-0.05, 0) is 50.3 Å². The van der Waals surface area contributed by atoms with Crippen molar-refractivity contribution in [2.24, 2.45) is 7.05 Å². The molecule has 1 N–H and O–H groups in total. The topological polar surface area (TPSA) is 77.4 Å². The molecule has 0 amide bonds. The minimum atomic E-state index is -3.76. The third-order valence-electron chi connectivity index (χ3n) is 4.93. The van der Waals surface area contributed by atoms with E-state index in [4.69, 9.17) is 4.74 Å². The van der Waals surface area contributed by atoms with E-state index < -0.39 is 16.0 Å². The summed E-state index contributed by atoms with van der Waals surface area (Å²) in [7, 11) is -2.10. The van der Waals surface area contributed by atoms with Gasteiger partial charge in [-0.1, -0.05) is 24.3 Å². The Morgan fingerprint density at radius 1 is 1.35 bits per heavy atom. The molecule has 1 aromatic heterocycles. The second kappa shape index (κ2) is 7.25. The van der Waals surface area contributed by atoms with Crippen LogP contribution in [-0.2, 0) is 28.2 Å². The first-order chi connectivity index (χ1) is 12.3. The first kappa shape index (κ1) is 18.7. The van der Waals surface area contributed by atoms with E-state index >= 15 is 0 Å². The average Bonchev–Trinajstić information content (AvgIpc) is 2.91. The van der Waals surface area contributed by atoms with Crippen molar-refractivity contribution in [1.82, 2.24) is 9.29 Å². The number of nitrogens with one attached hydrogen (secondary N) is 1. The van der Waals surface area contributed by atoms with Crippen molar-refractivity contribution in [2.75, 3.05) is 6.61 Å². The van der Waals surface area contributed by atoms with Crippen LogP contribution in [0.3, 0.4) is 0 Å². The number of rotatable bonds is 5. The van der Waals surface area contributed by atoms with E-state index in [1.54, 1.807) is 25.5 Å². The third kappa shape index (κ3) is 3.41. The second-order valence-corrected chi connectivity index (χ2v) is 8.21. The summed E-state index contributed by atoms with van der Waals surface area (Å²) in [6, 6.07) is 9.06. The van der Waals surface area contributed by atoms with Gasteiger partial charge in [0, 0.05) is 18.8 Å². The van der Waals surface area contributed by atoms with Crippen molar-refractivity contribution in [3.05, 3.63) is 52.8 Å². The number of esters is 1. The molecule has 0 bridgehead atoms. The van der Waals surface area contributed by atoms with Crippen molar-refractivity contribution < 1.29 is 17.9 Å². The number of carbonyl (C=O) groups is 1. The van der Waals surface area contributed by atoms with Crippen molar-refractivity contribution in [2.45, 2.75) is 44.0 Å². The molecule has 3 rings (SSSR count). The SMILES string of the molecule is CCOC(=O)c1cc(S(=O)(=O)NC2CCCc3ccccc32)c(C)n1C. The van der Waals surface area contributed by atoms with Gasteiger partial charge in [0.05, 0.1) is 6.61 Å². The Labute approximate surface area is 154 Å². The highest BCUT2D eigenvalue weighted by Gasteiger charge is 2.29. The molecule has 1 aliphatic carbocycles. The number of aromatic nitrogens is 1. The number of ether oxygens (including phenoxy) is 1. The van der Waals surface area contributed by atoms with Crippen molar-refractivity contribution >= 4 is 16.0 Å². The Hall–Kier alpha value is -2.12. The Morgan fingerprint density at radius 2 is 2.08 bits per heavy atom. The smallest absolute Gasteiger partial charge is 0.354 e. The largest absolute Gasteiger partial charge is 0.461 e. The number of hydrogen-bond acceptors (Lipinski definition) is 4. The highest BCUT2D eigenvalue weighted by atomic mass is 32.2. The third-order valence-corrected chi connectivity index (χ3v) is 6.52. The lowest BCUT2D eigenvalue weighted by molar-refractivity contribution is 0.0515. The molecule has 1 atom stereocenters. The van der Waals surface area contributed by atoms with Crippen LogP contribution in [0.15, 0.2) is 35.2 Å². The molecule has 6 nitrogen and oxygen atoms in total. The number of nitrogens with zero attached hydrogens (tertiary/aromatic N) is 1. The first-order valence-corrected chi connectivity index (χ1v) is 10.3. The lowest BCUT2D eigenvalue weighted by Crippen LogP contribution is -2.31. The molecule has 1 aliphatic rings. The summed E-state index contributed by atoms with van der Waals surface area (Å²) in [5.41, 5.74) is 2.95. The number of carbonyl (C=O) groups excluding carboxylic acids is 1. The highest BCUT2D eigenvalue weighted by Crippen LogP contribution is 2.31. The van der Waals surface area contributed by atoms with E-state index in [0.29, 0.717) is 5.69 Å².